The summed E-state index contributed by atoms with van der Waals surface area (Å²) in [7, 11) is 0. The minimum Gasteiger partial charge on any atom is -0.362 e. The van der Waals surface area contributed by atoms with Crippen molar-refractivity contribution in [2.24, 2.45) is 0 Å². The molecule has 1 aliphatic heterocycles. The van der Waals surface area contributed by atoms with E-state index in [9.17, 15) is 9.59 Å². The lowest BCUT2D eigenvalue weighted by Crippen LogP contribution is -2.48. The Morgan fingerprint density at radius 3 is 2.75 bits per heavy atom. The fourth-order valence-electron chi connectivity index (χ4n) is 3.37. The molecule has 4 rings (SSSR count). The highest BCUT2D eigenvalue weighted by molar-refractivity contribution is 7.20. The van der Waals surface area contributed by atoms with E-state index in [1.54, 1.807) is 22.6 Å². The Morgan fingerprint density at radius 2 is 2.07 bits per heavy atom. The van der Waals surface area contributed by atoms with Gasteiger partial charge in [-0.1, -0.05) is 6.07 Å². The molecule has 1 unspecified atom stereocenters. The molecule has 2 amide bonds. The Morgan fingerprint density at radius 1 is 1.29 bits per heavy atom. The van der Waals surface area contributed by atoms with Gasteiger partial charge >= 0.3 is 0 Å². The topological polar surface area (TPSA) is 78.4 Å². The first kappa shape index (κ1) is 18.8. The van der Waals surface area contributed by atoms with Gasteiger partial charge in [-0.3, -0.25) is 9.59 Å². The van der Waals surface area contributed by atoms with Gasteiger partial charge in [0.1, 0.15) is 17.0 Å². The van der Waals surface area contributed by atoms with E-state index in [1.807, 2.05) is 17.9 Å². The summed E-state index contributed by atoms with van der Waals surface area (Å²) in [5.74, 6) is 0.757. The van der Waals surface area contributed by atoms with E-state index >= 15 is 0 Å². The van der Waals surface area contributed by atoms with E-state index in [1.165, 1.54) is 16.2 Å². The normalized spacial score (nSPS) is 15.6. The number of amides is 2. The van der Waals surface area contributed by atoms with E-state index in [-0.39, 0.29) is 11.9 Å². The van der Waals surface area contributed by atoms with Gasteiger partial charge in [0.25, 0.3) is 5.91 Å². The van der Waals surface area contributed by atoms with Crippen molar-refractivity contribution in [1.82, 2.24) is 19.8 Å². The van der Waals surface area contributed by atoms with Crippen molar-refractivity contribution in [3.05, 3.63) is 39.2 Å². The van der Waals surface area contributed by atoms with E-state index in [0.717, 1.165) is 28.0 Å². The van der Waals surface area contributed by atoms with Crippen LogP contribution in [0.3, 0.4) is 0 Å². The van der Waals surface area contributed by atoms with Gasteiger partial charge in [0, 0.05) is 31.1 Å². The summed E-state index contributed by atoms with van der Waals surface area (Å²) in [6.07, 6.45) is 2.38. The van der Waals surface area contributed by atoms with Crippen molar-refractivity contribution >= 4 is 51.0 Å². The first-order valence-corrected chi connectivity index (χ1v) is 10.8. The molecule has 28 heavy (non-hydrogen) atoms. The fourth-order valence-corrected chi connectivity index (χ4v) is 5.22. The van der Waals surface area contributed by atoms with Crippen molar-refractivity contribution in [2.75, 3.05) is 31.5 Å². The Bertz CT molecular complexity index is 993. The van der Waals surface area contributed by atoms with Crippen molar-refractivity contribution in [1.29, 1.82) is 0 Å². The number of nitrogens with one attached hydrogen (secondary N) is 1. The van der Waals surface area contributed by atoms with E-state index in [2.05, 4.69) is 33.7 Å². The molecular weight excluding hydrogens is 394 g/mol. The number of fused-ring (bicyclic) bond motifs is 1. The molecule has 0 aliphatic carbocycles. The fraction of sp³-hybridized carbons (Fsp3) is 0.368. The summed E-state index contributed by atoms with van der Waals surface area (Å²) in [5, 5.41) is 6.43. The third-order valence-corrected chi connectivity index (χ3v) is 7.24. The molecule has 0 bridgehead atoms. The van der Waals surface area contributed by atoms with Gasteiger partial charge < -0.3 is 15.1 Å². The lowest BCUT2D eigenvalue weighted by atomic mass is 10.1. The molecule has 0 aromatic carbocycles. The van der Waals surface area contributed by atoms with Crippen LogP contribution >= 0.6 is 22.7 Å². The highest BCUT2D eigenvalue weighted by Gasteiger charge is 2.26. The number of piperazine rings is 1. The summed E-state index contributed by atoms with van der Waals surface area (Å²) >= 11 is 3.11. The molecule has 1 atom stereocenters. The van der Waals surface area contributed by atoms with Gasteiger partial charge in [-0.25, -0.2) is 9.97 Å². The third kappa shape index (κ3) is 3.47. The zero-order chi connectivity index (χ0) is 19.7. The maximum atomic E-state index is 13.1. The van der Waals surface area contributed by atoms with Crippen LogP contribution in [0.1, 0.15) is 33.1 Å². The Balaban J connectivity index is 1.62. The van der Waals surface area contributed by atoms with Crippen molar-refractivity contribution in [2.45, 2.75) is 19.9 Å². The van der Waals surface area contributed by atoms with Gasteiger partial charge in [0.15, 0.2) is 0 Å². The summed E-state index contributed by atoms with van der Waals surface area (Å²) in [6, 6.07) is 4.24. The molecule has 0 radical (unpaired) electrons. The molecule has 4 heterocycles. The molecule has 1 N–H and O–H groups in total. The minimum absolute atomic E-state index is 0.00306. The second-order valence-corrected chi connectivity index (χ2v) is 8.75. The average Bonchev–Trinajstić information content (AvgIpc) is 3.37. The van der Waals surface area contributed by atoms with Gasteiger partial charge in [0.2, 0.25) is 6.41 Å². The molecule has 3 aromatic rings. The maximum Gasteiger partial charge on any atom is 0.264 e. The summed E-state index contributed by atoms with van der Waals surface area (Å²) < 4.78 is 0. The van der Waals surface area contributed by atoms with Gasteiger partial charge in [-0.05, 0) is 30.9 Å². The summed E-state index contributed by atoms with van der Waals surface area (Å²) in [5.41, 5.74) is 0.907. The number of rotatable bonds is 5. The third-order valence-electron chi connectivity index (χ3n) is 4.99. The number of hydrogen-bond donors (Lipinski definition) is 1. The van der Waals surface area contributed by atoms with E-state index in [0.29, 0.717) is 31.1 Å². The summed E-state index contributed by atoms with van der Waals surface area (Å²) in [4.78, 5) is 39.0. The van der Waals surface area contributed by atoms with Crippen molar-refractivity contribution < 1.29 is 9.59 Å². The molecule has 146 valence electrons. The number of nitrogens with zero attached hydrogens (tertiary/aromatic N) is 4. The van der Waals surface area contributed by atoms with Crippen LogP contribution in [-0.4, -0.2) is 58.3 Å². The van der Waals surface area contributed by atoms with Crippen LogP contribution in [0, 0.1) is 6.92 Å². The predicted molar refractivity (Wildman–Crippen MR) is 112 cm³/mol. The molecule has 1 fully saturated rings. The van der Waals surface area contributed by atoms with Gasteiger partial charge in [0.05, 0.1) is 16.3 Å². The lowest BCUT2D eigenvalue weighted by Gasteiger charge is -2.32. The standard InChI is InChI=1S/C19H21N5O2S2/c1-12-15-17(22-13(2)14-4-3-9-27-14)20-10-21-18(15)28-16(12)19(26)24-7-5-23(11-25)6-8-24/h3-4,9-11,13H,5-8H2,1-2H3,(H,20,21,22). The average molecular weight is 416 g/mol. The quantitative estimate of drug-likeness (QED) is 0.648. The molecule has 1 aliphatic rings. The predicted octanol–water partition coefficient (Wildman–Crippen LogP) is 3.15. The van der Waals surface area contributed by atoms with Crippen LogP contribution in [0.5, 0.6) is 0 Å². The lowest BCUT2D eigenvalue weighted by molar-refractivity contribution is -0.119. The monoisotopic (exact) mass is 415 g/mol. The first-order valence-electron chi connectivity index (χ1n) is 9.11. The highest BCUT2D eigenvalue weighted by atomic mass is 32.1. The molecule has 3 aromatic heterocycles. The molecule has 1 saturated heterocycles. The Hall–Kier alpha value is -2.52. The second kappa shape index (κ2) is 7.84. The van der Waals surface area contributed by atoms with Crippen molar-refractivity contribution in [3.63, 3.8) is 0 Å². The molecular formula is C19H21N5O2S2. The molecule has 0 saturated carbocycles. The van der Waals surface area contributed by atoms with Gasteiger partial charge in [-0.2, -0.15) is 0 Å². The second-order valence-electron chi connectivity index (χ2n) is 6.77. The first-order chi connectivity index (χ1) is 13.6. The number of thiophene rings is 2. The van der Waals surface area contributed by atoms with Crippen LogP contribution in [0.2, 0.25) is 0 Å². The van der Waals surface area contributed by atoms with Crippen LogP contribution in [0.15, 0.2) is 23.8 Å². The van der Waals surface area contributed by atoms with Crippen LogP contribution in [-0.2, 0) is 4.79 Å². The zero-order valence-corrected chi connectivity index (χ0v) is 17.3. The molecule has 0 spiro atoms. The number of hydrogen-bond acceptors (Lipinski definition) is 7. The zero-order valence-electron chi connectivity index (χ0n) is 15.7. The van der Waals surface area contributed by atoms with Gasteiger partial charge in [-0.15, -0.1) is 22.7 Å². The SMILES string of the molecule is Cc1c(C(=O)N2CCN(C=O)CC2)sc2ncnc(NC(C)c3cccs3)c12. The maximum absolute atomic E-state index is 13.1. The van der Waals surface area contributed by atoms with Crippen molar-refractivity contribution in [3.8, 4) is 0 Å². The number of aryl methyl sites for hydroxylation is 1. The van der Waals surface area contributed by atoms with E-state index in [4.69, 9.17) is 0 Å². The number of aromatic nitrogens is 2. The number of carbonyl (C=O) groups is 2. The number of anilines is 1. The van der Waals surface area contributed by atoms with Crippen LogP contribution in [0.4, 0.5) is 5.82 Å². The molecule has 7 nitrogen and oxygen atoms in total. The smallest absolute Gasteiger partial charge is 0.264 e. The van der Waals surface area contributed by atoms with E-state index < -0.39 is 0 Å². The Labute approximate surface area is 171 Å². The molecule has 9 heteroatoms. The highest BCUT2D eigenvalue weighted by Crippen LogP contribution is 2.35. The largest absolute Gasteiger partial charge is 0.362 e. The van der Waals surface area contributed by atoms with Crippen LogP contribution < -0.4 is 5.32 Å². The van der Waals surface area contributed by atoms with Crippen LogP contribution in [0.25, 0.3) is 10.2 Å². The summed E-state index contributed by atoms with van der Waals surface area (Å²) in [6.45, 7) is 6.31. The Kier molecular flexibility index (Phi) is 5.27. The number of carbonyl (C=O) groups excluding carboxylic acids is 2. The minimum atomic E-state index is 0.00306.